The normalized spacial score (nSPS) is 10.8. The smallest absolute Gasteiger partial charge is 0.407 e. The van der Waals surface area contributed by atoms with Crippen molar-refractivity contribution < 1.29 is 28.8 Å². The van der Waals surface area contributed by atoms with Crippen LogP contribution in [0, 0.1) is 24.0 Å². The number of alkyl carbamates (subject to hydrolysis) is 1. The molecule has 0 aliphatic heterocycles. The topological polar surface area (TPSA) is 137 Å². The number of carbonyl (C=O) groups is 3. The Morgan fingerprint density at radius 3 is 2.32 bits per heavy atom. The summed E-state index contributed by atoms with van der Waals surface area (Å²) in [6, 6.07) is 2.84. The number of hydrogen-bond acceptors (Lipinski definition) is 7. The maximum atomic E-state index is 11.9. The predicted molar refractivity (Wildman–Crippen MR) is 101 cm³/mol. The van der Waals surface area contributed by atoms with E-state index in [0.717, 1.165) is 5.56 Å². The Morgan fingerprint density at radius 2 is 1.75 bits per heavy atom. The van der Waals surface area contributed by atoms with Gasteiger partial charge in [0.05, 0.1) is 11.3 Å². The predicted octanol–water partition coefficient (Wildman–Crippen LogP) is 2.61. The summed E-state index contributed by atoms with van der Waals surface area (Å²) >= 11 is 0. The van der Waals surface area contributed by atoms with Gasteiger partial charge in [-0.1, -0.05) is 0 Å². The molecule has 1 aromatic carbocycles. The third kappa shape index (κ3) is 8.02. The molecule has 2 N–H and O–H groups in total. The van der Waals surface area contributed by atoms with E-state index >= 15 is 0 Å². The van der Waals surface area contributed by atoms with E-state index in [1.807, 2.05) is 0 Å². The monoisotopic (exact) mass is 395 g/mol. The number of esters is 1. The van der Waals surface area contributed by atoms with Gasteiger partial charge in [0.2, 0.25) is 0 Å². The van der Waals surface area contributed by atoms with Crippen molar-refractivity contribution in [1.82, 2.24) is 5.32 Å². The van der Waals surface area contributed by atoms with Gasteiger partial charge in [-0.05, 0) is 51.8 Å². The van der Waals surface area contributed by atoms with Gasteiger partial charge in [0.1, 0.15) is 11.3 Å². The molecule has 0 spiro atoms. The fraction of sp³-hybridized carbons (Fsp3) is 0.500. The molecule has 0 aliphatic rings. The Labute approximate surface area is 162 Å². The van der Waals surface area contributed by atoms with E-state index in [9.17, 15) is 24.5 Å². The minimum absolute atomic E-state index is 0.0159. The zero-order valence-electron chi connectivity index (χ0n) is 16.6. The van der Waals surface area contributed by atoms with Gasteiger partial charge in [-0.2, -0.15) is 0 Å². The molecule has 0 unspecified atom stereocenters. The van der Waals surface area contributed by atoms with Crippen molar-refractivity contribution in [2.45, 2.75) is 46.6 Å². The molecule has 28 heavy (non-hydrogen) atoms. The summed E-state index contributed by atoms with van der Waals surface area (Å²) in [6.07, 6.45) is -0.823. The fourth-order valence-electron chi connectivity index (χ4n) is 2.04. The summed E-state index contributed by atoms with van der Waals surface area (Å²) in [7, 11) is 0. The van der Waals surface area contributed by atoms with Crippen molar-refractivity contribution in [2.75, 3.05) is 18.5 Å². The molecule has 0 aliphatic carbocycles. The molecule has 0 atom stereocenters. The van der Waals surface area contributed by atoms with Gasteiger partial charge < -0.3 is 20.1 Å². The second-order valence-corrected chi connectivity index (χ2v) is 7.10. The Morgan fingerprint density at radius 1 is 1.14 bits per heavy atom. The lowest BCUT2D eigenvalue weighted by molar-refractivity contribution is -0.384. The number of aryl methyl sites for hydroxylation is 2. The summed E-state index contributed by atoms with van der Waals surface area (Å²) in [6.45, 7) is 7.98. The van der Waals surface area contributed by atoms with Crippen molar-refractivity contribution in [3.05, 3.63) is 33.4 Å². The maximum absolute atomic E-state index is 11.9. The first-order chi connectivity index (χ1) is 12.9. The number of nitrogens with one attached hydrogen (secondary N) is 2. The highest BCUT2D eigenvalue weighted by Gasteiger charge is 2.19. The summed E-state index contributed by atoms with van der Waals surface area (Å²) in [5.74, 6) is -1.42. The van der Waals surface area contributed by atoms with Crippen LogP contribution in [0.5, 0.6) is 0 Å². The van der Waals surface area contributed by atoms with Gasteiger partial charge in [-0.3, -0.25) is 19.7 Å². The molecule has 0 bridgehead atoms. The van der Waals surface area contributed by atoms with Crippen LogP contribution in [0.25, 0.3) is 0 Å². The Balaban J connectivity index is 2.47. The summed E-state index contributed by atoms with van der Waals surface area (Å²) in [5, 5.41) is 15.9. The van der Waals surface area contributed by atoms with Crippen molar-refractivity contribution in [1.29, 1.82) is 0 Å². The molecule has 10 heteroatoms. The van der Waals surface area contributed by atoms with Gasteiger partial charge in [0.15, 0.2) is 6.61 Å². The lowest BCUT2D eigenvalue weighted by atomic mass is 10.1. The van der Waals surface area contributed by atoms with E-state index in [4.69, 9.17) is 9.47 Å². The summed E-state index contributed by atoms with van der Waals surface area (Å²) in [4.78, 5) is 45.5. The van der Waals surface area contributed by atoms with Crippen molar-refractivity contribution in [3.8, 4) is 0 Å². The minimum atomic E-state index is -0.709. The Bertz CT molecular complexity index is 769. The van der Waals surface area contributed by atoms with Crippen molar-refractivity contribution >= 4 is 29.3 Å². The molecule has 1 rings (SSSR count). The van der Waals surface area contributed by atoms with Crippen molar-refractivity contribution in [3.63, 3.8) is 0 Å². The first-order valence-corrected chi connectivity index (χ1v) is 8.57. The van der Waals surface area contributed by atoms with Gasteiger partial charge in [-0.25, -0.2) is 4.79 Å². The average Bonchev–Trinajstić information content (AvgIpc) is 2.54. The number of hydrogen-bond donors (Lipinski definition) is 2. The molecular weight excluding hydrogens is 370 g/mol. The molecule has 0 heterocycles. The highest BCUT2D eigenvalue weighted by molar-refractivity contribution is 5.95. The van der Waals surface area contributed by atoms with Gasteiger partial charge in [0.25, 0.3) is 11.6 Å². The zero-order valence-corrected chi connectivity index (χ0v) is 16.6. The van der Waals surface area contributed by atoms with Crippen LogP contribution in [0.15, 0.2) is 12.1 Å². The Kier molecular flexibility index (Phi) is 7.90. The van der Waals surface area contributed by atoms with E-state index in [1.165, 1.54) is 12.1 Å². The van der Waals surface area contributed by atoms with E-state index in [1.54, 1.807) is 34.6 Å². The van der Waals surface area contributed by atoms with Crippen LogP contribution in [0.3, 0.4) is 0 Å². The molecule has 0 radical (unpaired) electrons. The number of rotatable bonds is 7. The van der Waals surface area contributed by atoms with Crippen LogP contribution in [-0.2, 0) is 19.1 Å². The number of anilines is 1. The molecular formula is C18H25N3O7. The quantitative estimate of drug-likeness (QED) is 0.411. The van der Waals surface area contributed by atoms with Crippen LogP contribution in [0.4, 0.5) is 16.2 Å². The van der Waals surface area contributed by atoms with E-state index in [-0.39, 0.29) is 24.3 Å². The zero-order chi connectivity index (χ0) is 21.5. The highest BCUT2D eigenvalue weighted by Crippen LogP contribution is 2.27. The van der Waals surface area contributed by atoms with Crippen LogP contribution >= 0.6 is 0 Å². The molecule has 10 nitrogen and oxygen atoms in total. The van der Waals surface area contributed by atoms with Crippen LogP contribution in [0.2, 0.25) is 0 Å². The maximum Gasteiger partial charge on any atom is 0.407 e. The first kappa shape index (κ1) is 22.9. The van der Waals surface area contributed by atoms with Gasteiger partial charge in [-0.15, -0.1) is 0 Å². The van der Waals surface area contributed by atoms with E-state index in [2.05, 4.69) is 10.6 Å². The SMILES string of the molecule is Cc1cc(NC(=O)COC(=O)CCNC(=O)OC(C)(C)C)c([N+](=O)[O-])cc1C. The lowest BCUT2D eigenvalue weighted by Gasteiger charge is -2.19. The Hall–Kier alpha value is -3.17. The molecule has 1 aromatic rings. The average molecular weight is 395 g/mol. The third-order valence-corrected chi connectivity index (χ3v) is 3.44. The van der Waals surface area contributed by atoms with Crippen LogP contribution in [-0.4, -0.2) is 41.6 Å². The first-order valence-electron chi connectivity index (χ1n) is 8.57. The second kappa shape index (κ2) is 9.67. The van der Waals surface area contributed by atoms with Gasteiger partial charge in [0, 0.05) is 12.6 Å². The number of amides is 2. The number of benzene rings is 1. The van der Waals surface area contributed by atoms with Crippen LogP contribution < -0.4 is 10.6 Å². The summed E-state index contributed by atoms with van der Waals surface area (Å²) in [5.41, 5.74) is 0.615. The molecule has 0 saturated heterocycles. The molecule has 0 saturated carbocycles. The molecule has 2 amide bonds. The van der Waals surface area contributed by atoms with Crippen molar-refractivity contribution in [2.24, 2.45) is 0 Å². The minimum Gasteiger partial charge on any atom is -0.456 e. The molecule has 0 aromatic heterocycles. The molecule has 0 fully saturated rings. The van der Waals surface area contributed by atoms with E-state index < -0.39 is 35.1 Å². The molecule has 154 valence electrons. The standard InChI is InChI=1S/C18H25N3O7/c1-11-8-13(14(21(25)26)9-12(11)2)20-15(22)10-27-16(23)6-7-19-17(24)28-18(3,4)5/h8-9H,6-7,10H2,1-5H3,(H,19,24)(H,20,22). The highest BCUT2D eigenvalue weighted by atomic mass is 16.6. The number of nitro groups is 1. The van der Waals surface area contributed by atoms with Gasteiger partial charge >= 0.3 is 12.1 Å². The largest absolute Gasteiger partial charge is 0.456 e. The summed E-state index contributed by atoms with van der Waals surface area (Å²) < 4.78 is 9.81. The lowest BCUT2D eigenvalue weighted by Crippen LogP contribution is -2.34. The second-order valence-electron chi connectivity index (χ2n) is 7.10. The van der Waals surface area contributed by atoms with Crippen LogP contribution in [0.1, 0.15) is 38.3 Å². The number of nitro benzene ring substituents is 1. The number of nitrogens with zero attached hydrogens (tertiary/aromatic N) is 1. The number of ether oxygens (including phenoxy) is 2. The third-order valence-electron chi connectivity index (χ3n) is 3.44. The van der Waals surface area contributed by atoms with E-state index in [0.29, 0.717) is 5.56 Å². The fourth-order valence-corrected chi connectivity index (χ4v) is 2.04. The number of carbonyl (C=O) groups excluding carboxylic acids is 3.